The Hall–Kier alpha value is -1.19. The third kappa shape index (κ3) is 1.66. The second-order valence-electron chi connectivity index (χ2n) is 3.18. The zero-order valence-electron chi connectivity index (χ0n) is 8.54. The first-order valence-corrected chi connectivity index (χ1v) is 5.50. The van der Waals surface area contributed by atoms with Crippen molar-refractivity contribution in [3.8, 4) is 0 Å². The number of rotatable bonds is 2. The van der Waals surface area contributed by atoms with Crippen molar-refractivity contribution in [1.82, 2.24) is 4.09 Å². The Bertz CT molecular complexity index is 509. The van der Waals surface area contributed by atoms with Gasteiger partial charge in [-0.1, -0.05) is 29.8 Å². The van der Waals surface area contributed by atoms with Crippen LogP contribution in [0.4, 0.5) is 0 Å². The van der Waals surface area contributed by atoms with Gasteiger partial charge < -0.3 is 4.74 Å². The third-order valence-electron chi connectivity index (χ3n) is 2.23. The van der Waals surface area contributed by atoms with E-state index in [1.54, 1.807) is 19.1 Å². The van der Waals surface area contributed by atoms with Crippen LogP contribution in [0.15, 0.2) is 24.3 Å². The molecule has 2 rings (SSSR count). The topological polar surface area (TPSA) is 31.2 Å². The SMILES string of the molecule is CCOC(=O)c1c(Cl)c2ccccc2n1Cl. The van der Waals surface area contributed by atoms with Crippen LogP contribution in [-0.2, 0) is 4.74 Å². The second kappa shape index (κ2) is 4.36. The van der Waals surface area contributed by atoms with Crippen LogP contribution in [0.3, 0.4) is 0 Å². The number of ether oxygens (including phenoxy) is 1. The molecule has 2 aromatic rings. The molecule has 84 valence electrons. The van der Waals surface area contributed by atoms with E-state index in [0.717, 1.165) is 5.39 Å². The number of fused-ring (bicyclic) bond motifs is 1. The Labute approximate surface area is 103 Å². The molecule has 0 bridgehead atoms. The lowest BCUT2D eigenvalue weighted by Crippen LogP contribution is -2.08. The summed E-state index contributed by atoms with van der Waals surface area (Å²) in [5.74, 6) is -0.515. The molecule has 0 spiro atoms. The predicted molar refractivity (Wildman–Crippen MR) is 64.2 cm³/mol. The number of hydrogen-bond donors (Lipinski definition) is 0. The normalized spacial score (nSPS) is 10.7. The number of para-hydroxylation sites is 1. The van der Waals surface area contributed by atoms with Gasteiger partial charge in [0.25, 0.3) is 0 Å². The zero-order valence-corrected chi connectivity index (χ0v) is 10.0. The highest BCUT2D eigenvalue weighted by Crippen LogP contribution is 2.31. The molecular weight excluding hydrogens is 249 g/mol. The maximum absolute atomic E-state index is 11.6. The third-order valence-corrected chi connectivity index (χ3v) is 2.96. The Morgan fingerprint density at radius 1 is 1.44 bits per heavy atom. The molecule has 0 radical (unpaired) electrons. The molecule has 0 saturated heterocycles. The number of aromatic nitrogens is 1. The summed E-state index contributed by atoms with van der Waals surface area (Å²) in [6.07, 6.45) is 0. The van der Waals surface area contributed by atoms with Crippen LogP contribution in [0, 0.1) is 0 Å². The average Bonchev–Trinajstić information content (AvgIpc) is 2.53. The van der Waals surface area contributed by atoms with Crippen molar-refractivity contribution in [3.05, 3.63) is 35.0 Å². The fraction of sp³-hybridized carbons (Fsp3) is 0.182. The highest BCUT2D eigenvalue weighted by Gasteiger charge is 2.21. The Morgan fingerprint density at radius 2 is 2.12 bits per heavy atom. The van der Waals surface area contributed by atoms with Gasteiger partial charge in [0.15, 0.2) is 5.69 Å². The molecule has 3 nitrogen and oxygen atoms in total. The lowest BCUT2D eigenvalue weighted by molar-refractivity contribution is 0.0519. The number of carbonyl (C=O) groups is 1. The highest BCUT2D eigenvalue weighted by molar-refractivity contribution is 6.40. The van der Waals surface area contributed by atoms with E-state index in [0.29, 0.717) is 10.5 Å². The number of esters is 1. The van der Waals surface area contributed by atoms with Crippen molar-refractivity contribution in [1.29, 1.82) is 0 Å². The summed E-state index contributed by atoms with van der Waals surface area (Å²) in [5, 5.41) is 1.06. The zero-order chi connectivity index (χ0) is 11.7. The monoisotopic (exact) mass is 257 g/mol. The minimum absolute atomic E-state index is 0.173. The van der Waals surface area contributed by atoms with E-state index >= 15 is 0 Å². The summed E-state index contributed by atoms with van der Waals surface area (Å²) in [4.78, 5) is 11.6. The number of nitrogens with zero attached hydrogens (tertiary/aromatic N) is 1. The largest absolute Gasteiger partial charge is 0.461 e. The van der Waals surface area contributed by atoms with Crippen LogP contribution in [0.2, 0.25) is 5.02 Å². The van der Waals surface area contributed by atoms with Crippen molar-refractivity contribution >= 4 is 40.2 Å². The van der Waals surface area contributed by atoms with Gasteiger partial charge in [-0.3, -0.25) is 0 Å². The van der Waals surface area contributed by atoms with Crippen molar-refractivity contribution in [3.63, 3.8) is 0 Å². The van der Waals surface area contributed by atoms with Crippen molar-refractivity contribution in [2.75, 3.05) is 6.61 Å². The number of hydrogen-bond acceptors (Lipinski definition) is 2. The highest BCUT2D eigenvalue weighted by atomic mass is 35.5. The van der Waals surface area contributed by atoms with Crippen LogP contribution in [0.25, 0.3) is 10.9 Å². The summed E-state index contributed by atoms with van der Waals surface area (Å²) in [5.41, 5.74) is 0.864. The molecule has 1 aromatic heterocycles. The first kappa shape index (κ1) is 11.3. The lowest BCUT2D eigenvalue weighted by Gasteiger charge is -2.01. The number of benzene rings is 1. The summed E-state index contributed by atoms with van der Waals surface area (Å²) < 4.78 is 6.12. The van der Waals surface area contributed by atoms with Crippen LogP contribution in [0.1, 0.15) is 17.4 Å². The molecule has 1 aromatic carbocycles. The summed E-state index contributed by atoms with van der Waals surface area (Å²) in [6.45, 7) is 2.01. The van der Waals surface area contributed by atoms with Gasteiger partial charge in [-0.15, -0.1) is 0 Å². The van der Waals surface area contributed by atoms with Crippen molar-refractivity contribution in [2.45, 2.75) is 6.92 Å². The van der Waals surface area contributed by atoms with E-state index in [-0.39, 0.29) is 12.3 Å². The van der Waals surface area contributed by atoms with E-state index < -0.39 is 5.97 Å². The van der Waals surface area contributed by atoms with Crippen LogP contribution >= 0.6 is 23.4 Å². The van der Waals surface area contributed by atoms with Gasteiger partial charge >= 0.3 is 5.97 Å². The van der Waals surface area contributed by atoms with Gasteiger partial charge in [0, 0.05) is 17.2 Å². The van der Waals surface area contributed by atoms with E-state index in [4.69, 9.17) is 28.1 Å². The molecule has 16 heavy (non-hydrogen) atoms. The maximum Gasteiger partial charge on any atom is 0.357 e. The van der Waals surface area contributed by atoms with Gasteiger partial charge in [0.2, 0.25) is 0 Å². The van der Waals surface area contributed by atoms with E-state index in [9.17, 15) is 4.79 Å². The van der Waals surface area contributed by atoms with Crippen LogP contribution in [0.5, 0.6) is 0 Å². The molecule has 0 atom stereocenters. The van der Waals surface area contributed by atoms with Gasteiger partial charge in [0.05, 0.1) is 17.1 Å². The quantitative estimate of drug-likeness (QED) is 0.772. The molecule has 0 N–H and O–H groups in total. The van der Waals surface area contributed by atoms with E-state index in [1.807, 2.05) is 12.1 Å². The molecular formula is C11H9Cl2NO2. The summed E-state index contributed by atoms with van der Waals surface area (Å²) in [6, 6.07) is 7.25. The van der Waals surface area contributed by atoms with Gasteiger partial charge in [-0.25, -0.2) is 8.88 Å². The molecule has 0 saturated carbocycles. The van der Waals surface area contributed by atoms with Gasteiger partial charge in [-0.2, -0.15) is 0 Å². The van der Waals surface area contributed by atoms with Gasteiger partial charge in [-0.05, 0) is 13.0 Å². The molecule has 0 aliphatic rings. The molecule has 5 heteroatoms. The molecule has 0 amide bonds. The van der Waals surface area contributed by atoms with Crippen molar-refractivity contribution in [2.24, 2.45) is 0 Å². The number of carbonyl (C=O) groups excluding carboxylic acids is 1. The predicted octanol–water partition coefficient (Wildman–Crippen LogP) is 3.47. The smallest absolute Gasteiger partial charge is 0.357 e. The molecule has 0 aliphatic carbocycles. The van der Waals surface area contributed by atoms with Crippen molar-refractivity contribution < 1.29 is 9.53 Å². The van der Waals surface area contributed by atoms with Crippen LogP contribution < -0.4 is 0 Å². The van der Waals surface area contributed by atoms with Gasteiger partial charge in [0.1, 0.15) is 0 Å². The molecule has 1 heterocycles. The maximum atomic E-state index is 11.6. The Morgan fingerprint density at radius 3 is 2.75 bits per heavy atom. The fourth-order valence-electron chi connectivity index (χ4n) is 1.53. The minimum Gasteiger partial charge on any atom is -0.461 e. The second-order valence-corrected chi connectivity index (χ2v) is 3.90. The first-order valence-electron chi connectivity index (χ1n) is 4.79. The lowest BCUT2D eigenvalue weighted by atomic mass is 10.2. The Balaban J connectivity index is 2.66. The standard InChI is InChI=1S/C11H9Cl2NO2/c1-2-16-11(15)10-9(12)7-5-3-4-6-8(7)14(10)13/h3-6H,2H2,1H3. The fourth-order valence-corrected chi connectivity index (χ4v) is 2.20. The molecule has 0 aliphatic heterocycles. The summed E-state index contributed by atoms with van der Waals surface area (Å²) >= 11 is 12.1. The van der Waals surface area contributed by atoms with Crippen LogP contribution in [-0.4, -0.2) is 16.7 Å². The minimum atomic E-state index is -0.515. The molecule has 0 unspecified atom stereocenters. The van der Waals surface area contributed by atoms with E-state index in [1.165, 1.54) is 4.09 Å². The van der Waals surface area contributed by atoms with E-state index in [2.05, 4.69) is 0 Å². The number of halogens is 2. The Kier molecular flexibility index (Phi) is 3.08. The average molecular weight is 258 g/mol. The molecule has 0 fully saturated rings. The summed E-state index contributed by atoms with van der Waals surface area (Å²) in [7, 11) is 0. The first-order chi connectivity index (χ1) is 7.66.